The molecule has 0 aliphatic heterocycles. The van der Waals surface area contributed by atoms with Crippen molar-refractivity contribution in [2.24, 2.45) is 0 Å². The highest BCUT2D eigenvalue weighted by atomic mass is 79.9. The Hall–Kier alpha value is -0.350. The van der Waals surface area contributed by atoms with E-state index < -0.39 is 0 Å². The lowest BCUT2D eigenvalue weighted by Gasteiger charge is -2.35. The van der Waals surface area contributed by atoms with E-state index in [1.807, 2.05) is 0 Å². The lowest BCUT2D eigenvalue weighted by Crippen LogP contribution is -2.53. The van der Waals surface area contributed by atoms with E-state index in [0.717, 1.165) is 6.42 Å². The number of halogens is 1. The van der Waals surface area contributed by atoms with Crippen LogP contribution in [0.1, 0.15) is 27.2 Å². The van der Waals surface area contributed by atoms with Gasteiger partial charge in [-0.3, -0.25) is 4.79 Å². The first-order valence-electron chi connectivity index (χ1n) is 5.11. The highest BCUT2D eigenvalue weighted by Gasteiger charge is 2.32. The van der Waals surface area contributed by atoms with Crippen molar-refractivity contribution in [2.45, 2.75) is 49.7 Å². The van der Waals surface area contributed by atoms with Gasteiger partial charge in [-0.15, -0.1) is 0 Å². The fraction of sp³-hybridized carbons (Fsp3) is 0.727. The second-order valence-electron chi connectivity index (χ2n) is 4.80. The Morgan fingerprint density at radius 3 is 2.73 bits per heavy atom. The van der Waals surface area contributed by atoms with Crippen molar-refractivity contribution < 1.29 is 9.53 Å². The molecule has 0 aromatic carbocycles. The van der Waals surface area contributed by atoms with Crippen LogP contribution >= 0.6 is 15.9 Å². The second-order valence-corrected chi connectivity index (χ2v) is 5.97. The van der Waals surface area contributed by atoms with Crippen LogP contribution in [0.25, 0.3) is 0 Å². The molecule has 0 bridgehead atoms. The zero-order valence-electron chi connectivity index (χ0n) is 9.37. The molecule has 1 aliphatic carbocycles. The predicted octanol–water partition coefficient (Wildman–Crippen LogP) is 2.01. The van der Waals surface area contributed by atoms with Crippen LogP contribution in [0.4, 0.5) is 0 Å². The summed E-state index contributed by atoms with van der Waals surface area (Å²) < 4.78 is 5.11. The van der Waals surface area contributed by atoms with Crippen LogP contribution in [0.5, 0.6) is 0 Å². The molecule has 3 nitrogen and oxygen atoms in total. The number of carbonyl (C=O) groups is 1. The topological polar surface area (TPSA) is 38.3 Å². The predicted molar refractivity (Wildman–Crippen MR) is 64.1 cm³/mol. The normalized spacial score (nSPS) is 31.3. The summed E-state index contributed by atoms with van der Waals surface area (Å²) in [6.07, 6.45) is 4.93. The van der Waals surface area contributed by atoms with Gasteiger partial charge in [-0.2, -0.15) is 0 Å². The minimum atomic E-state index is -0.133. The molecule has 0 spiro atoms. The number of alkyl halides is 1. The summed E-state index contributed by atoms with van der Waals surface area (Å²) in [5.41, 5.74) is 0.00353. The maximum Gasteiger partial charge on any atom is 0.293 e. The Bertz CT molecular complexity index is 247. The molecule has 0 radical (unpaired) electrons. The lowest BCUT2D eigenvalue weighted by molar-refractivity contribution is -0.134. The van der Waals surface area contributed by atoms with Crippen molar-refractivity contribution in [1.82, 2.24) is 5.32 Å². The van der Waals surface area contributed by atoms with Gasteiger partial charge in [0.05, 0.1) is 10.9 Å². The van der Waals surface area contributed by atoms with Crippen LogP contribution < -0.4 is 5.32 Å². The fourth-order valence-electron chi connectivity index (χ4n) is 1.69. The third-order valence-corrected chi connectivity index (χ3v) is 3.12. The molecule has 0 aromatic heterocycles. The molecule has 0 heterocycles. The third-order valence-electron chi connectivity index (χ3n) is 2.23. The summed E-state index contributed by atoms with van der Waals surface area (Å²) >= 11 is 3.53. The fourth-order valence-corrected chi connectivity index (χ4v) is 2.36. The first kappa shape index (κ1) is 12.7. The number of carbonyl (C=O) groups excluding carboxylic acids is 1. The number of hydrogen-bond acceptors (Lipinski definition) is 3. The Labute approximate surface area is 99.4 Å². The number of rotatable bonds is 3. The summed E-state index contributed by atoms with van der Waals surface area (Å²) in [4.78, 5) is 10.6. The van der Waals surface area contributed by atoms with E-state index in [1.165, 1.54) is 0 Å². The third kappa shape index (κ3) is 3.95. The van der Waals surface area contributed by atoms with Crippen LogP contribution in [0.3, 0.4) is 0 Å². The molecule has 15 heavy (non-hydrogen) atoms. The van der Waals surface area contributed by atoms with Gasteiger partial charge in [0.15, 0.2) is 0 Å². The largest absolute Gasteiger partial charge is 0.461 e. The molecule has 0 saturated heterocycles. The number of ether oxygens (including phenoxy) is 1. The second kappa shape index (κ2) is 5.12. The van der Waals surface area contributed by atoms with E-state index in [1.54, 1.807) is 0 Å². The van der Waals surface area contributed by atoms with Gasteiger partial charge in [0.2, 0.25) is 0 Å². The van der Waals surface area contributed by atoms with Crippen LogP contribution in [0.2, 0.25) is 0 Å². The van der Waals surface area contributed by atoms with Crippen LogP contribution in [-0.2, 0) is 9.53 Å². The highest BCUT2D eigenvalue weighted by molar-refractivity contribution is 9.09. The van der Waals surface area contributed by atoms with Gasteiger partial charge in [0.25, 0.3) is 6.47 Å². The Morgan fingerprint density at radius 2 is 2.20 bits per heavy atom. The molecule has 0 fully saturated rings. The summed E-state index contributed by atoms with van der Waals surface area (Å²) in [6.45, 7) is 6.80. The van der Waals surface area contributed by atoms with E-state index in [0.29, 0.717) is 6.47 Å². The van der Waals surface area contributed by atoms with Gasteiger partial charge >= 0.3 is 0 Å². The average Bonchev–Trinajstić information content (AvgIpc) is 2.08. The summed E-state index contributed by atoms with van der Waals surface area (Å²) in [5.74, 6) is 0. The molecular formula is C11H18BrNO2. The standard InChI is InChI=1S/C11H18BrNO2/c1-11(2,3)13-9-6-4-5-8(12)10(9)15-7-14/h4,6-10,13H,5H2,1-3H3/t8-,9-,10+/m0/s1. The van der Waals surface area contributed by atoms with E-state index in [2.05, 4.69) is 54.2 Å². The maximum atomic E-state index is 10.4. The first-order chi connectivity index (χ1) is 6.94. The lowest BCUT2D eigenvalue weighted by atomic mass is 9.96. The minimum Gasteiger partial charge on any atom is -0.461 e. The molecule has 0 aromatic rings. The van der Waals surface area contributed by atoms with Crippen LogP contribution in [-0.4, -0.2) is 29.0 Å². The molecule has 86 valence electrons. The van der Waals surface area contributed by atoms with E-state index >= 15 is 0 Å². The summed E-state index contributed by atoms with van der Waals surface area (Å²) in [6, 6.07) is 0.0772. The van der Waals surface area contributed by atoms with E-state index in [-0.39, 0.29) is 22.5 Å². The van der Waals surface area contributed by atoms with Gasteiger partial charge in [0.1, 0.15) is 6.10 Å². The first-order valence-corrected chi connectivity index (χ1v) is 6.03. The SMILES string of the molecule is CC(C)(C)N[C@H]1C=CC[C@H](Br)[C@H]1OC=O. The zero-order chi connectivity index (χ0) is 11.5. The molecule has 3 atom stereocenters. The molecule has 1 N–H and O–H groups in total. The van der Waals surface area contributed by atoms with Crippen molar-refractivity contribution >= 4 is 22.4 Å². The molecule has 4 heteroatoms. The number of hydrogen-bond donors (Lipinski definition) is 1. The minimum absolute atomic E-state index is 0.00353. The highest BCUT2D eigenvalue weighted by Crippen LogP contribution is 2.23. The zero-order valence-corrected chi connectivity index (χ0v) is 11.0. The van der Waals surface area contributed by atoms with E-state index in [9.17, 15) is 4.79 Å². The quantitative estimate of drug-likeness (QED) is 0.487. The van der Waals surface area contributed by atoms with Crippen molar-refractivity contribution in [2.75, 3.05) is 0 Å². The smallest absolute Gasteiger partial charge is 0.293 e. The van der Waals surface area contributed by atoms with Crippen molar-refractivity contribution in [3.05, 3.63) is 12.2 Å². The van der Waals surface area contributed by atoms with Crippen LogP contribution in [0.15, 0.2) is 12.2 Å². The van der Waals surface area contributed by atoms with Gasteiger partial charge in [0, 0.05) is 5.54 Å². The summed E-state index contributed by atoms with van der Waals surface area (Å²) in [7, 11) is 0. The van der Waals surface area contributed by atoms with Crippen molar-refractivity contribution in [3.8, 4) is 0 Å². The molecule has 1 aliphatic rings. The molecule has 1 rings (SSSR count). The molecular weight excluding hydrogens is 258 g/mol. The maximum absolute atomic E-state index is 10.4. The molecule has 0 amide bonds. The van der Waals surface area contributed by atoms with Gasteiger partial charge in [-0.05, 0) is 27.2 Å². The van der Waals surface area contributed by atoms with Gasteiger partial charge in [-0.25, -0.2) is 0 Å². The van der Waals surface area contributed by atoms with Crippen LogP contribution in [0, 0.1) is 0 Å². The molecule has 0 saturated carbocycles. The van der Waals surface area contributed by atoms with Gasteiger partial charge < -0.3 is 10.1 Å². The van der Waals surface area contributed by atoms with Crippen molar-refractivity contribution in [1.29, 1.82) is 0 Å². The Balaban J connectivity index is 2.70. The number of nitrogens with one attached hydrogen (secondary N) is 1. The van der Waals surface area contributed by atoms with Crippen molar-refractivity contribution in [3.63, 3.8) is 0 Å². The number of allylic oxidation sites excluding steroid dienone is 1. The van der Waals surface area contributed by atoms with E-state index in [4.69, 9.17) is 4.74 Å². The average molecular weight is 276 g/mol. The summed E-state index contributed by atoms with van der Waals surface area (Å²) in [5, 5.41) is 3.42. The van der Waals surface area contributed by atoms with Gasteiger partial charge in [-0.1, -0.05) is 28.1 Å². The Kier molecular flexibility index (Phi) is 4.34. The Morgan fingerprint density at radius 1 is 1.53 bits per heavy atom. The molecule has 0 unspecified atom stereocenters. The monoisotopic (exact) mass is 275 g/mol.